The molecule has 0 saturated heterocycles. The van der Waals surface area contributed by atoms with E-state index in [4.69, 9.17) is 4.84 Å². The van der Waals surface area contributed by atoms with Crippen molar-refractivity contribution in [3.63, 3.8) is 0 Å². The number of tetrazole rings is 1. The quantitative estimate of drug-likeness (QED) is 0.660. The Morgan fingerprint density at radius 3 is 2.95 bits per heavy atom. The van der Waals surface area contributed by atoms with Gasteiger partial charge in [0.2, 0.25) is 0 Å². The van der Waals surface area contributed by atoms with Crippen molar-refractivity contribution in [1.82, 2.24) is 20.2 Å². The maximum absolute atomic E-state index is 13.8. The van der Waals surface area contributed by atoms with Crippen molar-refractivity contribution in [3.8, 4) is 5.69 Å². The Morgan fingerprint density at radius 1 is 1.53 bits per heavy atom. The van der Waals surface area contributed by atoms with Crippen molar-refractivity contribution < 1.29 is 9.23 Å². The van der Waals surface area contributed by atoms with Crippen LogP contribution in [0.25, 0.3) is 5.69 Å². The normalized spacial score (nSPS) is 10.3. The lowest BCUT2D eigenvalue weighted by Gasteiger charge is -2.08. The van der Waals surface area contributed by atoms with Crippen LogP contribution in [0.3, 0.4) is 0 Å². The van der Waals surface area contributed by atoms with Crippen LogP contribution in [0.15, 0.2) is 28.1 Å². The fraction of sp³-hybridized carbons (Fsp3) is 0.273. The van der Waals surface area contributed by atoms with E-state index in [9.17, 15) is 9.18 Å². The molecule has 0 saturated carbocycles. The number of nitrogens with zero attached hydrogens (tertiary/aromatic N) is 4. The molecular formula is C11H12FN5O2. The number of hydrogen-bond acceptors (Lipinski definition) is 5. The summed E-state index contributed by atoms with van der Waals surface area (Å²) in [4.78, 5) is 16.5. The number of halogens is 1. The van der Waals surface area contributed by atoms with Gasteiger partial charge in [0.1, 0.15) is 12.4 Å². The Labute approximate surface area is 107 Å². The standard InChI is InChI=1S/C11H12FN5O2/c1-7(2)14-19-6-8-9(12)4-3-5-10(8)17-11(18)13-15-16-17/h3-5H,6H2,1-2H3,(H,13,16,18). The van der Waals surface area contributed by atoms with Gasteiger partial charge in [-0.05, 0) is 36.4 Å². The van der Waals surface area contributed by atoms with Crippen LogP contribution < -0.4 is 5.69 Å². The highest BCUT2D eigenvalue weighted by Gasteiger charge is 2.13. The van der Waals surface area contributed by atoms with Gasteiger partial charge in [-0.1, -0.05) is 11.2 Å². The van der Waals surface area contributed by atoms with E-state index in [1.165, 1.54) is 12.1 Å². The Kier molecular flexibility index (Phi) is 3.69. The summed E-state index contributed by atoms with van der Waals surface area (Å²) in [6, 6.07) is 4.30. The zero-order valence-electron chi connectivity index (χ0n) is 10.4. The van der Waals surface area contributed by atoms with E-state index in [0.29, 0.717) is 5.71 Å². The zero-order valence-corrected chi connectivity index (χ0v) is 10.4. The molecule has 0 radical (unpaired) electrons. The van der Waals surface area contributed by atoms with E-state index >= 15 is 0 Å². The smallest absolute Gasteiger partial charge is 0.365 e. The first-order valence-corrected chi connectivity index (χ1v) is 5.51. The molecule has 1 aromatic heterocycles. The molecule has 1 aromatic carbocycles. The topological polar surface area (TPSA) is 85.2 Å². The molecule has 7 nitrogen and oxygen atoms in total. The second-order valence-electron chi connectivity index (χ2n) is 3.97. The zero-order chi connectivity index (χ0) is 13.8. The van der Waals surface area contributed by atoms with Crippen molar-refractivity contribution in [1.29, 1.82) is 0 Å². The fourth-order valence-corrected chi connectivity index (χ4v) is 1.47. The predicted molar refractivity (Wildman–Crippen MR) is 65.5 cm³/mol. The molecule has 0 bridgehead atoms. The lowest BCUT2D eigenvalue weighted by Crippen LogP contribution is -2.18. The SMILES string of the molecule is CC(C)=NOCc1c(F)cccc1-n1nn[nH]c1=O. The molecule has 0 aliphatic carbocycles. The molecule has 2 aromatic rings. The maximum Gasteiger partial charge on any atom is 0.365 e. The molecule has 100 valence electrons. The van der Waals surface area contributed by atoms with Gasteiger partial charge in [0.25, 0.3) is 0 Å². The van der Waals surface area contributed by atoms with E-state index in [1.54, 1.807) is 19.9 Å². The Balaban J connectivity index is 2.39. The molecule has 0 aliphatic rings. The number of aromatic nitrogens is 4. The first-order valence-electron chi connectivity index (χ1n) is 5.51. The number of rotatable bonds is 4. The molecular weight excluding hydrogens is 253 g/mol. The van der Waals surface area contributed by atoms with Crippen LogP contribution in [0.2, 0.25) is 0 Å². The number of oxime groups is 1. The number of H-pyrrole nitrogens is 1. The van der Waals surface area contributed by atoms with Crippen LogP contribution in [0, 0.1) is 5.82 Å². The van der Waals surface area contributed by atoms with Gasteiger partial charge in [0.05, 0.1) is 17.0 Å². The minimum absolute atomic E-state index is 0.105. The monoisotopic (exact) mass is 265 g/mol. The summed E-state index contributed by atoms with van der Waals surface area (Å²) in [6.07, 6.45) is 0. The summed E-state index contributed by atoms with van der Waals surface area (Å²) in [6.45, 7) is 3.40. The first kappa shape index (κ1) is 12.9. The van der Waals surface area contributed by atoms with E-state index < -0.39 is 11.5 Å². The molecule has 0 amide bonds. The average Bonchev–Trinajstić information content (AvgIpc) is 2.77. The number of aromatic amines is 1. The Bertz CT molecular complexity index is 657. The summed E-state index contributed by atoms with van der Waals surface area (Å²) >= 11 is 0. The molecule has 0 unspecified atom stereocenters. The van der Waals surface area contributed by atoms with Crippen molar-refractivity contribution in [3.05, 3.63) is 40.1 Å². The van der Waals surface area contributed by atoms with Gasteiger partial charge in [-0.25, -0.2) is 14.3 Å². The van der Waals surface area contributed by atoms with Crippen molar-refractivity contribution >= 4 is 5.71 Å². The Hall–Kier alpha value is -2.51. The molecule has 0 spiro atoms. The van der Waals surface area contributed by atoms with E-state index in [-0.39, 0.29) is 17.9 Å². The molecule has 0 atom stereocenters. The van der Waals surface area contributed by atoms with Gasteiger partial charge in [-0.3, -0.25) is 0 Å². The third-order valence-corrected chi connectivity index (χ3v) is 2.25. The lowest BCUT2D eigenvalue weighted by atomic mass is 10.2. The van der Waals surface area contributed by atoms with Crippen LogP contribution in [0.1, 0.15) is 19.4 Å². The number of benzene rings is 1. The van der Waals surface area contributed by atoms with Gasteiger partial charge in [-0.2, -0.15) is 4.68 Å². The average molecular weight is 265 g/mol. The lowest BCUT2D eigenvalue weighted by molar-refractivity contribution is 0.127. The molecule has 0 aliphatic heterocycles. The van der Waals surface area contributed by atoms with Crippen molar-refractivity contribution in [2.75, 3.05) is 0 Å². The molecule has 2 rings (SSSR count). The highest BCUT2D eigenvalue weighted by molar-refractivity contribution is 5.78. The number of nitrogens with one attached hydrogen (secondary N) is 1. The van der Waals surface area contributed by atoms with Crippen LogP contribution >= 0.6 is 0 Å². The van der Waals surface area contributed by atoms with Gasteiger partial charge < -0.3 is 4.84 Å². The van der Waals surface area contributed by atoms with E-state index in [1.807, 2.05) is 0 Å². The third kappa shape index (κ3) is 2.84. The highest BCUT2D eigenvalue weighted by Crippen LogP contribution is 2.17. The molecule has 1 heterocycles. The molecule has 8 heteroatoms. The van der Waals surface area contributed by atoms with Gasteiger partial charge in [0, 0.05) is 0 Å². The second kappa shape index (κ2) is 5.42. The number of hydrogen-bond donors (Lipinski definition) is 1. The fourth-order valence-electron chi connectivity index (χ4n) is 1.47. The largest absolute Gasteiger partial charge is 0.391 e. The Morgan fingerprint density at radius 2 is 2.32 bits per heavy atom. The van der Waals surface area contributed by atoms with Crippen molar-refractivity contribution in [2.45, 2.75) is 20.5 Å². The maximum atomic E-state index is 13.8. The molecule has 19 heavy (non-hydrogen) atoms. The van der Waals surface area contributed by atoms with Crippen LogP contribution in [-0.2, 0) is 11.4 Å². The van der Waals surface area contributed by atoms with Crippen LogP contribution in [0.5, 0.6) is 0 Å². The van der Waals surface area contributed by atoms with Crippen molar-refractivity contribution in [2.24, 2.45) is 5.16 Å². The van der Waals surface area contributed by atoms with Gasteiger partial charge >= 0.3 is 5.69 Å². The summed E-state index contributed by atoms with van der Waals surface area (Å²) in [5.41, 5.74) is 0.602. The summed E-state index contributed by atoms with van der Waals surface area (Å²) in [7, 11) is 0. The first-order chi connectivity index (χ1) is 9.09. The van der Waals surface area contributed by atoms with Crippen LogP contribution in [-0.4, -0.2) is 25.9 Å². The summed E-state index contributed by atoms with van der Waals surface area (Å²) in [5.74, 6) is -0.503. The highest BCUT2D eigenvalue weighted by atomic mass is 19.1. The minimum Gasteiger partial charge on any atom is -0.391 e. The minimum atomic E-state index is -0.554. The van der Waals surface area contributed by atoms with E-state index in [0.717, 1.165) is 4.68 Å². The molecule has 0 fully saturated rings. The third-order valence-electron chi connectivity index (χ3n) is 2.25. The predicted octanol–water partition coefficient (Wildman–Crippen LogP) is 1.01. The van der Waals surface area contributed by atoms with Gasteiger partial charge in [-0.15, -0.1) is 0 Å². The second-order valence-corrected chi connectivity index (χ2v) is 3.97. The summed E-state index contributed by atoms with van der Waals surface area (Å²) in [5, 5.41) is 12.8. The molecule has 1 N–H and O–H groups in total. The van der Waals surface area contributed by atoms with Crippen LogP contribution in [0.4, 0.5) is 4.39 Å². The summed E-state index contributed by atoms with van der Waals surface area (Å²) < 4.78 is 14.8. The van der Waals surface area contributed by atoms with E-state index in [2.05, 4.69) is 20.7 Å². The van der Waals surface area contributed by atoms with Gasteiger partial charge in [0.15, 0.2) is 0 Å².